The third kappa shape index (κ3) is 3.70. The molecule has 0 saturated heterocycles. The SMILES string of the molecule is C=C(C)CCC(NC)C(CC)(CC)c1ccccc1. The van der Waals surface area contributed by atoms with Gasteiger partial charge in [-0.05, 0) is 45.2 Å². The summed E-state index contributed by atoms with van der Waals surface area (Å²) in [4.78, 5) is 0. The minimum Gasteiger partial charge on any atom is -0.316 e. The van der Waals surface area contributed by atoms with Crippen LogP contribution in [0.5, 0.6) is 0 Å². The zero-order valence-electron chi connectivity index (χ0n) is 13.0. The molecule has 0 aliphatic heterocycles. The van der Waals surface area contributed by atoms with Crippen LogP contribution < -0.4 is 5.32 Å². The topological polar surface area (TPSA) is 12.0 Å². The predicted octanol–water partition coefficient (Wildman–Crippen LogP) is 4.69. The Morgan fingerprint density at radius 3 is 2.21 bits per heavy atom. The number of hydrogen-bond donors (Lipinski definition) is 1. The number of nitrogens with one attached hydrogen (secondary N) is 1. The molecule has 106 valence electrons. The number of benzene rings is 1. The van der Waals surface area contributed by atoms with Gasteiger partial charge in [0, 0.05) is 11.5 Å². The molecular formula is C18H29N. The van der Waals surface area contributed by atoms with Crippen molar-refractivity contribution in [3.05, 3.63) is 48.0 Å². The second kappa shape index (κ2) is 7.49. The lowest BCUT2D eigenvalue weighted by atomic mass is 9.68. The van der Waals surface area contributed by atoms with Crippen LogP contribution in [0.15, 0.2) is 42.5 Å². The van der Waals surface area contributed by atoms with E-state index in [2.05, 4.69) is 70.0 Å². The van der Waals surface area contributed by atoms with E-state index >= 15 is 0 Å². The van der Waals surface area contributed by atoms with Crippen LogP contribution in [0, 0.1) is 0 Å². The average molecular weight is 259 g/mol. The summed E-state index contributed by atoms with van der Waals surface area (Å²) in [6.07, 6.45) is 4.58. The van der Waals surface area contributed by atoms with Gasteiger partial charge in [-0.3, -0.25) is 0 Å². The lowest BCUT2D eigenvalue weighted by Crippen LogP contribution is -2.46. The van der Waals surface area contributed by atoms with E-state index in [4.69, 9.17) is 0 Å². The van der Waals surface area contributed by atoms with Gasteiger partial charge >= 0.3 is 0 Å². The van der Waals surface area contributed by atoms with Gasteiger partial charge in [0.25, 0.3) is 0 Å². The Morgan fingerprint density at radius 2 is 1.79 bits per heavy atom. The molecular weight excluding hydrogens is 230 g/mol. The van der Waals surface area contributed by atoms with Gasteiger partial charge in [-0.25, -0.2) is 0 Å². The summed E-state index contributed by atoms with van der Waals surface area (Å²) in [6.45, 7) is 10.8. The Balaban J connectivity index is 3.05. The first kappa shape index (κ1) is 16.0. The van der Waals surface area contributed by atoms with E-state index in [1.165, 1.54) is 11.1 Å². The number of likely N-dealkylation sites (N-methyl/N-ethyl adjacent to an activating group) is 1. The van der Waals surface area contributed by atoms with Crippen molar-refractivity contribution in [3.63, 3.8) is 0 Å². The maximum Gasteiger partial charge on any atom is 0.0164 e. The summed E-state index contributed by atoms with van der Waals surface area (Å²) in [5, 5.41) is 3.56. The van der Waals surface area contributed by atoms with E-state index in [1.54, 1.807) is 0 Å². The van der Waals surface area contributed by atoms with Crippen molar-refractivity contribution in [1.29, 1.82) is 0 Å². The largest absolute Gasteiger partial charge is 0.316 e. The van der Waals surface area contributed by atoms with Gasteiger partial charge in [-0.1, -0.05) is 49.8 Å². The smallest absolute Gasteiger partial charge is 0.0164 e. The second-order valence-corrected chi connectivity index (χ2v) is 5.57. The molecule has 19 heavy (non-hydrogen) atoms. The molecule has 1 rings (SSSR count). The Kier molecular flexibility index (Phi) is 6.30. The second-order valence-electron chi connectivity index (χ2n) is 5.57. The molecule has 0 saturated carbocycles. The third-order valence-electron chi connectivity index (χ3n) is 4.49. The minimum absolute atomic E-state index is 0.228. The number of rotatable bonds is 8. The van der Waals surface area contributed by atoms with Crippen LogP contribution in [-0.2, 0) is 5.41 Å². The molecule has 1 N–H and O–H groups in total. The van der Waals surface area contributed by atoms with Crippen molar-refractivity contribution in [3.8, 4) is 0 Å². The van der Waals surface area contributed by atoms with Gasteiger partial charge in [-0.15, -0.1) is 6.58 Å². The summed E-state index contributed by atoms with van der Waals surface area (Å²) >= 11 is 0. The molecule has 0 heterocycles. The molecule has 1 aromatic carbocycles. The lowest BCUT2D eigenvalue weighted by molar-refractivity contribution is 0.269. The van der Waals surface area contributed by atoms with E-state index < -0.39 is 0 Å². The summed E-state index contributed by atoms with van der Waals surface area (Å²) in [6, 6.07) is 11.5. The maximum absolute atomic E-state index is 4.04. The number of allylic oxidation sites excluding steroid dienone is 1. The highest BCUT2D eigenvalue weighted by Gasteiger charge is 2.35. The zero-order valence-corrected chi connectivity index (χ0v) is 13.0. The number of hydrogen-bond acceptors (Lipinski definition) is 1. The highest BCUT2D eigenvalue weighted by atomic mass is 14.9. The monoisotopic (exact) mass is 259 g/mol. The normalized spacial score (nSPS) is 13.3. The fourth-order valence-electron chi connectivity index (χ4n) is 3.21. The van der Waals surface area contributed by atoms with E-state index in [9.17, 15) is 0 Å². The quantitative estimate of drug-likeness (QED) is 0.668. The lowest BCUT2D eigenvalue weighted by Gasteiger charge is -2.40. The Hall–Kier alpha value is -1.08. The summed E-state index contributed by atoms with van der Waals surface area (Å²) in [5.74, 6) is 0. The van der Waals surface area contributed by atoms with Gasteiger partial charge in [0.2, 0.25) is 0 Å². The van der Waals surface area contributed by atoms with Crippen molar-refractivity contribution in [2.75, 3.05) is 7.05 Å². The van der Waals surface area contributed by atoms with Crippen molar-refractivity contribution in [2.45, 2.75) is 57.9 Å². The van der Waals surface area contributed by atoms with Gasteiger partial charge in [-0.2, -0.15) is 0 Å². The van der Waals surface area contributed by atoms with Crippen LogP contribution in [0.25, 0.3) is 0 Å². The van der Waals surface area contributed by atoms with Crippen molar-refractivity contribution < 1.29 is 0 Å². The van der Waals surface area contributed by atoms with Gasteiger partial charge in [0.05, 0.1) is 0 Å². The van der Waals surface area contributed by atoms with Crippen LogP contribution in [0.1, 0.15) is 52.0 Å². The molecule has 0 radical (unpaired) electrons. The standard InChI is InChI=1S/C18H29N/c1-6-18(7-2,16-11-9-8-10-12-16)17(19-5)14-13-15(3)4/h8-12,17,19H,3,6-7,13-14H2,1-2,4-5H3. The van der Waals surface area contributed by atoms with Crippen LogP contribution in [0.4, 0.5) is 0 Å². The maximum atomic E-state index is 4.04. The van der Waals surface area contributed by atoms with Crippen molar-refractivity contribution >= 4 is 0 Å². The molecule has 0 spiro atoms. The molecule has 1 nitrogen and oxygen atoms in total. The predicted molar refractivity (Wildman–Crippen MR) is 85.6 cm³/mol. The van der Waals surface area contributed by atoms with E-state index in [-0.39, 0.29) is 5.41 Å². The first-order valence-corrected chi connectivity index (χ1v) is 7.47. The van der Waals surface area contributed by atoms with Crippen LogP contribution in [0.3, 0.4) is 0 Å². The molecule has 1 aromatic rings. The van der Waals surface area contributed by atoms with Gasteiger partial charge in [0.1, 0.15) is 0 Å². The molecule has 0 aliphatic rings. The first-order valence-electron chi connectivity index (χ1n) is 7.47. The molecule has 0 amide bonds. The molecule has 0 fully saturated rings. The van der Waals surface area contributed by atoms with Gasteiger partial charge < -0.3 is 5.32 Å². The summed E-state index contributed by atoms with van der Waals surface area (Å²) < 4.78 is 0. The average Bonchev–Trinajstić information content (AvgIpc) is 2.44. The Morgan fingerprint density at radius 1 is 1.21 bits per heavy atom. The van der Waals surface area contributed by atoms with E-state index in [0.29, 0.717) is 6.04 Å². The molecule has 1 unspecified atom stereocenters. The molecule has 1 heteroatoms. The van der Waals surface area contributed by atoms with Crippen LogP contribution in [-0.4, -0.2) is 13.1 Å². The highest BCUT2D eigenvalue weighted by Crippen LogP contribution is 2.37. The first-order chi connectivity index (χ1) is 9.10. The summed E-state index contributed by atoms with van der Waals surface area (Å²) in [5.41, 5.74) is 2.96. The van der Waals surface area contributed by atoms with Crippen LogP contribution >= 0.6 is 0 Å². The zero-order chi connectivity index (χ0) is 14.3. The molecule has 1 atom stereocenters. The highest BCUT2D eigenvalue weighted by molar-refractivity contribution is 5.27. The Labute approximate surface area is 119 Å². The fraction of sp³-hybridized carbons (Fsp3) is 0.556. The Bertz CT molecular complexity index is 376. The van der Waals surface area contributed by atoms with E-state index in [1.807, 2.05) is 0 Å². The van der Waals surface area contributed by atoms with Gasteiger partial charge in [0.15, 0.2) is 0 Å². The fourth-order valence-corrected chi connectivity index (χ4v) is 3.21. The molecule has 0 aromatic heterocycles. The molecule has 0 bridgehead atoms. The molecule has 0 aliphatic carbocycles. The summed E-state index contributed by atoms with van der Waals surface area (Å²) in [7, 11) is 2.09. The third-order valence-corrected chi connectivity index (χ3v) is 4.49. The van der Waals surface area contributed by atoms with Crippen molar-refractivity contribution in [2.24, 2.45) is 0 Å². The van der Waals surface area contributed by atoms with Crippen molar-refractivity contribution in [1.82, 2.24) is 5.32 Å². The van der Waals surface area contributed by atoms with Crippen LogP contribution in [0.2, 0.25) is 0 Å². The van der Waals surface area contributed by atoms with E-state index in [0.717, 1.165) is 25.7 Å². The minimum atomic E-state index is 0.228.